The average Bonchev–Trinajstić information content (AvgIpc) is 2.50. The predicted molar refractivity (Wildman–Crippen MR) is 79.8 cm³/mol. The smallest absolute Gasteiger partial charge is 0.165 e. The van der Waals surface area contributed by atoms with Gasteiger partial charge in [0.1, 0.15) is 0 Å². The Morgan fingerprint density at radius 1 is 1.24 bits per heavy atom. The molecule has 0 heterocycles. The maximum Gasteiger partial charge on any atom is 0.165 e. The van der Waals surface area contributed by atoms with Crippen LogP contribution in [0.15, 0.2) is 18.2 Å². The largest absolute Gasteiger partial charge is 0.493 e. The summed E-state index contributed by atoms with van der Waals surface area (Å²) in [5.41, 5.74) is 1.01. The van der Waals surface area contributed by atoms with E-state index in [2.05, 4.69) is 17.0 Å². The van der Waals surface area contributed by atoms with E-state index in [9.17, 15) is 0 Å². The molecule has 5 heteroatoms. The first kappa shape index (κ1) is 16.8. The van der Waals surface area contributed by atoms with E-state index in [4.69, 9.17) is 20.0 Å². The van der Waals surface area contributed by atoms with Crippen molar-refractivity contribution in [2.24, 2.45) is 5.92 Å². The van der Waals surface area contributed by atoms with E-state index in [0.29, 0.717) is 31.7 Å². The van der Waals surface area contributed by atoms with Crippen molar-refractivity contribution >= 4 is 0 Å². The zero-order chi connectivity index (χ0) is 15.7. The Bertz CT molecular complexity index is 531. The molecule has 0 saturated heterocycles. The molecule has 21 heavy (non-hydrogen) atoms. The molecular formula is C16H21N3O2. The van der Waals surface area contributed by atoms with Crippen molar-refractivity contribution in [1.82, 2.24) is 4.90 Å². The molecule has 0 aliphatic carbocycles. The molecule has 0 fully saturated rings. The van der Waals surface area contributed by atoms with Gasteiger partial charge in [-0.2, -0.15) is 10.5 Å². The number of ether oxygens (including phenoxy) is 2. The third kappa shape index (κ3) is 4.98. The lowest BCUT2D eigenvalue weighted by Gasteiger charge is -2.21. The lowest BCUT2D eigenvalue weighted by Crippen LogP contribution is -2.25. The molecule has 0 aromatic heterocycles. The summed E-state index contributed by atoms with van der Waals surface area (Å²) in [6, 6.07) is 10.1. The second-order valence-electron chi connectivity index (χ2n) is 4.87. The predicted octanol–water partition coefficient (Wildman–Crippen LogP) is 2.58. The number of hydrogen-bond acceptors (Lipinski definition) is 5. The monoisotopic (exact) mass is 287 g/mol. The Morgan fingerprint density at radius 2 is 2.00 bits per heavy atom. The molecule has 0 radical (unpaired) electrons. The fourth-order valence-electron chi connectivity index (χ4n) is 2.25. The molecule has 0 aliphatic heterocycles. The first-order chi connectivity index (χ1) is 10.2. The summed E-state index contributed by atoms with van der Waals surface area (Å²) in [6.07, 6.45) is 1.02. The Balaban J connectivity index is 2.73. The van der Waals surface area contributed by atoms with E-state index in [1.165, 1.54) is 0 Å². The molecule has 0 spiro atoms. The fraction of sp³-hybridized carbons (Fsp3) is 0.500. The molecule has 0 unspecified atom stereocenters. The second-order valence-corrected chi connectivity index (χ2v) is 4.87. The van der Waals surface area contributed by atoms with E-state index in [1.54, 1.807) is 14.2 Å². The quantitative estimate of drug-likeness (QED) is 0.735. The molecule has 1 atom stereocenters. The van der Waals surface area contributed by atoms with Crippen LogP contribution in [-0.2, 0) is 6.54 Å². The first-order valence-corrected chi connectivity index (χ1v) is 6.81. The van der Waals surface area contributed by atoms with Crippen molar-refractivity contribution in [3.8, 4) is 23.6 Å². The highest BCUT2D eigenvalue weighted by Gasteiger charge is 2.14. The maximum absolute atomic E-state index is 9.12. The van der Waals surface area contributed by atoms with Crippen LogP contribution >= 0.6 is 0 Å². The van der Waals surface area contributed by atoms with Gasteiger partial charge in [-0.3, -0.25) is 0 Å². The van der Waals surface area contributed by atoms with Crippen LogP contribution in [-0.4, -0.2) is 32.7 Å². The molecule has 1 rings (SSSR count). The molecule has 0 bridgehead atoms. The Hall–Kier alpha value is -2.24. The van der Waals surface area contributed by atoms with Crippen molar-refractivity contribution in [2.75, 3.05) is 27.8 Å². The number of rotatable bonds is 8. The van der Waals surface area contributed by atoms with Crippen molar-refractivity contribution in [2.45, 2.75) is 19.4 Å². The van der Waals surface area contributed by atoms with E-state index < -0.39 is 0 Å². The van der Waals surface area contributed by atoms with E-state index >= 15 is 0 Å². The fourth-order valence-corrected chi connectivity index (χ4v) is 2.25. The zero-order valence-corrected chi connectivity index (χ0v) is 12.8. The van der Waals surface area contributed by atoms with Gasteiger partial charge < -0.3 is 14.4 Å². The van der Waals surface area contributed by atoms with Gasteiger partial charge in [0.15, 0.2) is 11.5 Å². The molecule has 0 aliphatic rings. The number of methoxy groups -OCH3 is 2. The summed E-state index contributed by atoms with van der Waals surface area (Å²) in [4.78, 5) is 2.06. The minimum absolute atomic E-state index is 0.133. The molecule has 0 amide bonds. The maximum atomic E-state index is 9.12. The zero-order valence-electron chi connectivity index (χ0n) is 12.8. The molecule has 0 N–H and O–H groups in total. The molecule has 1 aromatic rings. The first-order valence-electron chi connectivity index (χ1n) is 6.81. The number of hydrogen-bond donors (Lipinski definition) is 0. The van der Waals surface area contributed by atoms with Crippen molar-refractivity contribution in [1.29, 1.82) is 10.5 Å². The lowest BCUT2D eigenvalue weighted by molar-refractivity contribution is 0.281. The topological polar surface area (TPSA) is 69.3 Å². The van der Waals surface area contributed by atoms with Gasteiger partial charge in [0, 0.05) is 25.1 Å². The van der Waals surface area contributed by atoms with Crippen molar-refractivity contribution in [3.63, 3.8) is 0 Å². The van der Waals surface area contributed by atoms with Gasteiger partial charge in [0.2, 0.25) is 0 Å². The molecular weight excluding hydrogens is 266 g/mol. The SMILES string of the molecule is COc1cccc(CN(C)C[C@H](C#N)CCC#N)c1OC. The Labute approximate surface area is 126 Å². The molecule has 5 nitrogen and oxygen atoms in total. The minimum Gasteiger partial charge on any atom is -0.493 e. The van der Waals surface area contributed by atoms with Crippen LogP contribution in [0, 0.1) is 28.6 Å². The summed E-state index contributed by atoms with van der Waals surface area (Å²) >= 11 is 0. The minimum atomic E-state index is -0.133. The summed E-state index contributed by atoms with van der Waals surface area (Å²) in [7, 11) is 5.18. The lowest BCUT2D eigenvalue weighted by atomic mass is 10.0. The van der Waals surface area contributed by atoms with E-state index in [1.807, 2.05) is 25.2 Å². The number of nitrogens with zero attached hydrogens (tertiary/aromatic N) is 3. The summed E-state index contributed by atoms with van der Waals surface area (Å²) < 4.78 is 10.7. The van der Waals surface area contributed by atoms with E-state index in [-0.39, 0.29) is 5.92 Å². The normalized spacial score (nSPS) is 11.5. The van der Waals surface area contributed by atoms with Gasteiger partial charge in [-0.15, -0.1) is 0 Å². The summed E-state index contributed by atoms with van der Waals surface area (Å²) in [5.74, 6) is 1.29. The molecule has 0 saturated carbocycles. The third-order valence-corrected chi connectivity index (χ3v) is 3.24. The average molecular weight is 287 g/mol. The van der Waals surface area contributed by atoms with Crippen LogP contribution in [0.5, 0.6) is 11.5 Å². The van der Waals surface area contributed by atoms with Crippen molar-refractivity contribution < 1.29 is 9.47 Å². The molecule has 112 valence electrons. The van der Waals surface area contributed by atoms with Crippen LogP contribution in [0.25, 0.3) is 0 Å². The van der Waals surface area contributed by atoms with Crippen LogP contribution in [0.4, 0.5) is 0 Å². The van der Waals surface area contributed by atoms with Crippen LogP contribution < -0.4 is 9.47 Å². The van der Waals surface area contributed by atoms with Gasteiger partial charge in [-0.05, 0) is 19.5 Å². The van der Waals surface area contributed by atoms with Crippen LogP contribution in [0.1, 0.15) is 18.4 Å². The van der Waals surface area contributed by atoms with Crippen molar-refractivity contribution in [3.05, 3.63) is 23.8 Å². The van der Waals surface area contributed by atoms with Gasteiger partial charge >= 0.3 is 0 Å². The standard InChI is InChI=1S/C16H21N3O2/c1-19(11-13(10-18)6-5-9-17)12-14-7-4-8-15(20-2)16(14)21-3/h4,7-8,13H,5-6,11-12H2,1-3H3/t13-/m0/s1. The van der Waals surface area contributed by atoms with Gasteiger partial charge in [-0.25, -0.2) is 0 Å². The summed E-state index contributed by atoms with van der Waals surface area (Å²) in [5, 5.41) is 17.7. The van der Waals surface area contributed by atoms with Gasteiger partial charge in [0.05, 0.1) is 32.3 Å². The highest BCUT2D eigenvalue weighted by atomic mass is 16.5. The van der Waals surface area contributed by atoms with Gasteiger partial charge in [0.25, 0.3) is 0 Å². The number of para-hydroxylation sites is 1. The van der Waals surface area contributed by atoms with Gasteiger partial charge in [-0.1, -0.05) is 12.1 Å². The van der Waals surface area contributed by atoms with Crippen LogP contribution in [0.3, 0.4) is 0 Å². The molecule has 1 aromatic carbocycles. The summed E-state index contributed by atoms with van der Waals surface area (Å²) in [6.45, 7) is 1.28. The Kier molecular flexibility index (Phi) is 7.08. The highest BCUT2D eigenvalue weighted by molar-refractivity contribution is 5.46. The Morgan fingerprint density at radius 3 is 2.57 bits per heavy atom. The number of benzene rings is 1. The van der Waals surface area contributed by atoms with Crippen LogP contribution in [0.2, 0.25) is 0 Å². The van der Waals surface area contributed by atoms with E-state index in [0.717, 1.165) is 11.3 Å². The highest BCUT2D eigenvalue weighted by Crippen LogP contribution is 2.31. The second kappa shape index (κ2) is 8.84. The third-order valence-electron chi connectivity index (χ3n) is 3.24. The number of nitriles is 2.